The zero-order chi connectivity index (χ0) is 11.5. The van der Waals surface area contributed by atoms with Crippen molar-refractivity contribution in [2.24, 2.45) is 0 Å². The fourth-order valence-electron chi connectivity index (χ4n) is 1.29. The van der Waals surface area contributed by atoms with E-state index in [2.05, 4.69) is 14.7 Å². The minimum Gasteiger partial charge on any atom is -0.464 e. The highest BCUT2D eigenvalue weighted by Gasteiger charge is 2.13. The number of aromatic nitrogens is 2. The zero-order valence-electron chi connectivity index (χ0n) is 8.93. The minimum absolute atomic E-state index is 0.326. The summed E-state index contributed by atoms with van der Waals surface area (Å²) >= 11 is 1.39. The predicted molar refractivity (Wildman–Crippen MR) is 61.4 cm³/mol. The van der Waals surface area contributed by atoms with Crippen LogP contribution >= 0.6 is 11.3 Å². The van der Waals surface area contributed by atoms with Crippen LogP contribution in [0, 0.1) is 6.92 Å². The van der Waals surface area contributed by atoms with Crippen LogP contribution in [0.15, 0.2) is 23.7 Å². The van der Waals surface area contributed by atoms with E-state index in [9.17, 15) is 4.79 Å². The lowest BCUT2D eigenvalue weighted by Crippen LogP contribution is -2.01. The van der Waals surface area contributed by atoms with Crippen LogP contribution in [0.1, 0.15) is 16.1 Å². The quantitative estimate of drug-likeness (QED) is 0.748. The van der Waals surface area contributed by atoms with Crippen LogP contribution in [0.2, 0.25) is 0 Å². The van der Waals surface area contributed by atoms with Crippen molar-refractivity contribution >= 4 is 17.3 Å². The molecule has 0 spiro atoms. The van der Waals surface area contributed by atoms with Gasteiger partial charge < -0.3 is 4.74 Å². The largest absolute Gasteiger partial charge is 0.464 e. The number of rotatable bonds is 2. The summed E-state index contributed by atoms with van der Waals surface area (Å²) in [6.45, 7) is 1.96. The molecule has 0 bridgehead atoms. The van der Waals surface area contributed by atoms with Crippen molar-refractivity contribution in [2.45, 2.75) is 6.92 Å². The maximum Gasteiger partial charge on any atom is 0.357 e. The number of pyridine rings is 1. The molecule has 2 aromatic heterocycles. The molecule has 0 aliphatic rings. The van der Waals surface area contributed by atoms with Gasteiger partial charge in [-0.25, -0.2) is 9.78 Å². The van der Waals surface area contributed by atoms with Gasteiger partial charge in [-0.05, 0) is 18.6 Å². The minimum atomic E-state index is -0.420. The standard InChI is InChI=1S/C11H10N2O2S/c1-7-4-3-5-12-9(7)10-13-8(6-16-10)11(14)15-2/h3-6H,1-2H3. The second-order valence-corrected chi connectivity index (χ2v) is 4.06. The van der Waals surface area contributed by atoms with Crippen molar-refractivity contribution in [3.05, 3.63) is 35.0 Å². The Labute approximate surface area is 96.9 Å². The fraction of sp³-hybridized carbons (Fsp3) is 0.182. The fourth-order valence-corrected chi connectivity index (χ4v) is 2.14. The Morgan fingerprint density at radius 3 is 3.00 bits per heavy atom. The molecule has 0 N–H and O–H groups in total. The summed E-state index contributed by atoms with van der Waals surface area (Å²) < 4.78 is 4.60. The first kappa shape index (κ1) is 10.8. The lowest BCUT2D eigenvalue weighted by atomic mass is 10.2. The van der Waals surface area contributed by atoms with E-state index >= 15 is 0 Å². The molecule has 0 aliphatic heterocycles. The van der Waals surface area contributed by atoms with Crippen LogP contribution in [0.5, 0.6) is 0 Å². The molecule has 2 aromatic rings. The number of carbonyl (C=O) groups is 1. The van der Waals surface area contributed by atoms with E-state index in [-0.39, 0.29) is 0 Å². The van der Waals surface area contributed by atoms with E-state index in [1.807, 2.05) is 19.1 Å². The van der Waals surface area contributed by atoms with Gasteiger partial charge in [0.05, 0.1) is 7.11 Å². The Morgan fingerprint density at radius 1 is 1.50 bits per heavy atom. The number of hydrogen-bond donors (Lipinski definition) is 0. The normalized spacial score (nSPS) is 10.1. The third-order valence-corrected chi connectivity index (χ3v) is 2.96. The van der Waals surface area contributed by atoms with Gasteiger partial charge in [0.1, 0.15) is 10.7 Å². The molecule has 0 amide bonds. The molecule has 82 valence electrons. The van der Waals surface area contributed by atoms with Gasteiger partial charge in [-0.2, -0.15) is 0 Å². The highest BCUT2D eigenvalue weighted by molar-refractivity contribution is 7.13. The lowest BCUT2D eigenvalue weighted by Gasteiger charge is -1.98. The van der Waals surface area contributed by atoms with Crippen molar-refractivity contribution < 1.29 is 9.53 Å². The van der Waals surface area contributed by atoms with Crippen LogP contribution < -0.4 is 0 Å². The van der Waals surface area contributed by atoms with Crippen molar-refractivity contribution in [3.8, 4) is 10.7 Å². The summed E-state index contributed by atoms with van der Waals surface area (Å²) in [5, 5.41) is 2.41. The summed E-state index contributed by atoms with van der Waals surface area (Å²) in [7, 11) is 1.34. The molecular formula is C11H10N2O2S. The number of hydrogen-bond acceptors (Lipinski definition) is 5. The number of esters is 1. The number of carbonyl (C=O) groups excluding carboxylic acids is 1. The number of methoxy groups -OCH3 is 1. The molecule has 0 saturated heterocycles. The van der Waals surface area contributed by atoms with Crippen molar-refractivity contribution in [2.75, 3.05) is 7.11 Å². The SMILES string of the molecule is COC(=O)c1csc(-c2ncccc2C)n1. The summed E-state index contributed by atoms with van der Waals surface area (Å²) in [5.74, 6) is -0.420. The van der Waals surface area contributed by atoms with E-state index in [1.165, 1.54) is 18.4 Å². The molecule has 5 heteroatoms. The molecule has 2 rings (SSSR count). The van der Waals surface area contributed by atoms with Crippen molar-refractivity contribution in [3.63, 3.8) is 0 Å². The number of aryl methyl sites for hydroxylation is 1. The Morgan fingerprint density at radius 2 is 2.31 bits per heavy atom. The van der Waals surface area contributed by atoms with Crippen molar-refractivity contribution in [1.29, 1.82) is 0 Å². The van der Waals surface area contributed by atoms with Gasteiger partial charge in [-0.15, -0.1) is 11.3 Å². The zero-order valence-corrected chi connectivity index (χ0v) is 9.75. The summed E-state index contributed by atoms with van der Waals surface area (Å²) in [6, 6.07) is 3.83. The maximum absolute atomic E-state index is 11.2. The lowest BCUT2D eigenvalue weighted by molar-refractivity contribution is 0.0595. The maximum atomic E-state index is 11.2. The smallest absolute Gasteiger partial charge is 0.357 e. The number of thiazole rings is 1. The van der Waals surface area contributed by atoms with Gasteiger partial charge in [0.25, 0.3) is 0 Å². The first-order valence-corrected chi connectivity index (χ1v) is 5.56. The third-order valence-electron chi connectivity index (χ3n) is 2.11. The van der Waals surface area contributed by atoms with Gasteiger partial charge in [-0.3, -0.25) is 4.98 Å². The third kappa shape index (κ3) is 1.94. The molecule has 0 aromatic carbocycles. The first-order chi connectivity index (χ1) is 7.72. The Balaban J connectivity index is 2.39. The van der Waals surface area contributed by atoms with Crippen LogP contribution in [-0.2, 0) is 4.74 Å². The molecule has 4 nitrogen and oxygen atoms in total. The summed E-state index contributed by atoms with van der Waals surface area (Å²) in [5.41, 5.74) is 2.17. The molecular weight excluding hydrogens is 224 g/mol. The van der Waals surface area contributed by atoms with Crippen molar-refractivity contribution in [1.82, 2.24) is 9.97 Å². The highest BCUT2D eigenvalue weighted by Crippen LogP contribution is 2.24. The second-order valence-electron chi connectivity index (χ2n) is 3.20. The van der Waals surface area contributed by atoms with E-state index in [0.29, 0.717) is 5.69 Å². The molecule has 0 radical (unpaired) electrons. The Hall–Kier alpha value is -1.75. The van der Waals surface area contributed by atoms with E-state index < -0.39 is 5.97 Å². The van der Waals surface area contributed by atoms with Gasteiger partial charge in [-0.1, -0.05) is 6.07 Å². The van der Waals surface area contributed by atoms with Crippen LogP contribution in [0.3, 0.4) is 0 Å². The molecule has 0 unspecified atom stereocenters. The summed E-state index contributed by atoms with van der Waals surface area (Å²) in [4.78, 5) is 19.7. The van der Waals surface area contributed by atoms with Gasteiger partial charge in [0.2, 0.25) is 0 Å². The second kappa shape index (κ2) is 4.40. The average molecular weight is 234 g/mol. The Bertz CT molecular complexity index is 522. The molecule has 0 aliphatic carbocycles. The molecule has 0 atom stereocenters. The van der Waals surface area contributed by atoms with Gasteiger partial charge in [0, 0.05) is 11.6 Å². The topological polar surface area (TPSA) is 52.1 Å². The summed E-state index contributed by atoms with van der Waals surface area (Å²) in [6.07, 6.45) is 1.71. The molecule has 0 saturated carbocycles. The van der Waals surface area contributed by atoms with E-state index in [0.717, 1.165) is 16.3 Å². The number of nitrogens with zero attached hydrogens (tertiary/aromatic N) is 2. The number of ether oxygens (including phenoxy) is 1. The molecule has 0 fully saturated rings. The van der Waals surface area contributed by atoms with E-state index in [1.54, 1.807) is 11.6 Å². The Kier molecular flexibility index (Phi) is 2.96. The molecule has 2 heterocycles. The van der Waals surface area contributed by atoms with Crippen LogP contribution in [-0.4, -0.2) is 23.0 Å². The van der Waals surface area contributed by atoms with E-state index in [4.69, 9.17) is 0 Å². The van der Waals surface area contributed by atoms with Gasteiger partial charge >= 0.3 is 5.97 Å². The monoisotopic (exact) mass is 234 g/mol. The van der Waals surface area contributed by atoms with Crippen LogP contribution in [0.25, 0.3) is 10.7 Å². The highest BCUT2D eigenvalue weighted by atomic mass is 32.1. The average Bonchev–Trinajstić information content (AvgIpc) is 2.78. The van der Waals surface area contributed by atoms with Crippen LogP contribution in [0.4, 0.5) is 0 Å². The molecule has 16 heavy (non-hydrogen) atoms. The predicted octanol–water partition coefficient (Wildman–Crippen LogP) is 2.30. The van der Waals surface area contributed by atoms with Gasteiger partial charge in [0.15, 0.2) is 5.69 Å². The first-order valence-electron chi connectivity index (χ1n) is 4.68.